The first-order valence-electron chi connectivity index (χ1n) is 6.59. The molecule has 0 saturated heterocycles. The van der Waals surface area contributed by atoms with Gasteiger partial charge in [0.05, 0.1) is 12.1 Å². The van der Waals surface area contributed by atoms with Gasteiger partial charge in [-0.3, -0.25) is 4.98 Å². The van der Waals surface area contributed by atoms with Crippen LogP contribution in [0.2, 0.25) is 0 Å². The Hall–Kier alpha value is -2.23. The summed E-state index contributed by atoms with van der Waals surface area (Å²) in [6.45, 7) is 0.480. The predicted molar refractivity (Wildman–Crippen MR) is 81.0 cm³/mol. The van der Waals surface area contributed by atoms with Crippen LogP contribution < -0.4 is 5.73 Å². The third kappa shape index (κ3) is 2.29. The van der Waals surface area contributed by atoms with Crippen molar-refractivity contribution in [2.24, 2.45) is 5.73 Å². The van der Waals surface area contributed by atoms with Gasteiger partial charge in [0.2, 0.25) is 0 Å². The average molecular weight is 264 g/mol. The van der Waals surface area contributed by atoms with E-state index in [9.17, 15) is 5.11 Å². The molecule has 1 aromatic heterocycles. The molecule has 1 heterocycles. The van der Waals surface area contributed by atoms with Gasteiger partial charge in [-0.15, -0.1) is 0 Å². The Balaban J connectivity index is 2.25. The number of nitrogens with zero attached hydrogens (tertiary/aromatic N) is 1. The van der Waals surface area contributed by atoms with E-state index < -0.39 is 0 Å². The zero-order valence-corrected chi connectivity index (χ0v) is 11.1. The van der Waals surface area contributed by atoms with E-state index in [2.05, 4.69) is 23.2 Å². The molecule has 3 rings (SSSR count). The number of hydrogen-bond donors (Lipinski definition) is 2. The number of hydrogen-bond acceptors (Lipinski definition) is 3. The van der Waals surface area contributed by atoms with Gasteiger partial charge in [-0.25, -0.2) is 0 Å². The van der Waals surface area contributed by atoms with E-state index in [1.807, 2.05) is 30.3 Å². The van der Waals surface area contributed by atoms with Crippen LogP contribution in [0.1, 0.15) is 11.1 Å². The monoisotopic (exact) mass is 264 g/mol. The number of benzene rings is 2. The van der Waals surface area contributed by atoms with Crippen LogP contribution in [0.3, 0.4) is 0 Å². The molecule has 0 spiro atoms. The summed E-state index contributed by atoms with van der Waals surface area (Å²) in [5.74, 6) is 0. The van der Waals surface area contributed by atoms with Crippen molar-refractivity contribution in [2.75, 3.05) is 0 Å². The molecule has 0 bridgehead atoms. The largest absolute Gasteiger partial charge is 0.392 e. The highest BCUT2D eigenvalue weighted by Gasteiger charge is 2.06. The molecule has 0 fully saturated rings. The summed E-state index contributed by atoms with van der Waals surface area (Å²) in [5, 5.41) is 10.5. The van der Waals surface area contributed by atoms with Crippen molar-refractivity contribution in [1.29, 1.82) is 0 Å². The van der Waals surface area contributed by atoms with Crippen LogP contribution >= 0.6 is 0 Å². The smallest absolute Gasteiger partial charge is 0.0708 e. The van der Waals surface area contributed by atoms with Crippen LogP contribution in [-0.4, -0.2) is 10.1 Å². The molecule has 3 heteroatoms. The zero-order chi connectivity index (χ0) is 13.9. The fraction of sp³-hybridized carbons (Fsp3) is 0.118. The second-order valence-corrected chi connectivity index (χ2v) is 4.78. The minimum absolute atomic E-state index is 0.0177. The van der Waals surface area contributed by atoms with Crippen LogP contribution in [0.5, 0.6) is 0 Å². The van der Waals surface area contributed by atoms with Crippen molar-refractivity contribution in [3.05, 3.63) is 65.9 Å². The van der Waals surface area contributed by atoms with Crippen molar-refractivity contribution in [2.45, 2.75) is 13.2 Å². The lowest BCUT2D eigenvalue weighted by Crippen LogP contribution is -1.98. The topological polar surface area (TPSA) is 59.1 Å². The Morgan fingerprint density at radius 3 is 2.65 bits per heavy atom. The van der Waals surface area contributed by atoms with E-state index in [1.54, 1.807) is 6.20 Å². The van der Waals surface area contributed by atoms with E-state index in [0.29, 0.717) is 6.54 Å². The van der Waals surface area contributed by atoms with E-state index in [1.165, 1.54) is 0 Å². The number of nitrogens with two attached hydrogens (primary N) is 1. The van der Waals surface area contributed by atoms with Gasteiger partial charge in [0.1, 0.15) is 0 Å². The summed E-state index contributed by atoms with van der Waals surface area (Å²) in [4.78, 5) is 4.38. The number of fused-ring (bicyclic) bond motifs is 1. The summed E-state index contributed by atoms with van der Waals surface area (Å²) in [7, 11) is 0. The first-order chi connectivity index (χ1) is 9.81. The molecule has 0 saturated carbocycles. The second-order valence-electron chi connectivity index (χ2n) is 4.78. The molecule has 0 unspecified atom stereocenters. The number of aliphatic hydroxyl groups excluding tert-OH is 1. The van der Waals surface area contributed by atoms with Gasteiger partial charge in [-0.1, -0.05) is 24.3 Å². The van der Waals surface area contributed by atoms with E-state index in [4.69, 9.17) is 5.73 Å². The highest BCUT2D eigenvalue weighted by Crippen LogP contribution is 2.29. The highest BCUT2D eigenvalue weighted by atomic mass is 16.3. The predicted octanol–water partition coefficient (Wildman–Crippen LogP) is 2.85. The Kier molecular flexibility index (Phi) is 3.46. The minimum atomic E-state index is 0.0177. The summed E-state index contributed by atoms with van der Waals surface area (Å²) >= 11 is 0. The molecule has 3 nitrogen and oxygen atoms in total. The normalized spacial score (nSPS) is 10.9. The van der Waals surface area contributed by atoms with Crippen molar-refractivity contribution >= 4 is 10.9 Å². The molecule has 20 heavy (non-hydrogen) atoms. The maximum Gasteiger partial charge on any atom is 0.0708 e. The Morgan fingerprint density at radius 1 is 1.00 bits per heavy atom. The maximum atomic E-state index is 9.39. The number of rotatable bonds is 3. The molecule has 2 aromatic carbocycles. The van der Waals surface area contributed by atoms with Crippen molar-refractivity contribution in [3.63, 3.8) is 0 Å². The number of pyridine rings is 1. The summed E-state index contributed by atoms with van der Waals surface area (Å²) in [5.41, 5.74) is 10.8. The Bertz CT molecular complexity index is 725. The molecule has 100 valence electrons. The second kappa shape index (κ2) is 5.41. The lowest BCUT2D eigenvalue weighted by Gasteiger charge is -2.10. The van der Waals surface area contributed by atoms with Gasteiger partial charge < -0.3 is 10.8 Å². The molecule has 0 amide bonds. The Morgan fingerprint density at radius 2 is 1.85 bits per heavy atom. The Labute approximate surface area is 117 Å². The molecule has 0 aliphatic carbocycles. The fourth-order valence-corrected chi connectivity index (χ4v) is 2.48. The third-order valence-corrected chi connectivity index (χ3v) is 3.43. The first-order valence-corrected chi connectivity index (χ1v) is 6.59. The minimum Gasteiger partial charge on any atom is -0.392 e. The third-order valence-electron chi connectivity index (χ3n) is 3.43. The van der Waals surface area contributed by atoms with Crippen LogP contribution in [0.15, 0.2) is 54.7 Å². The quantitative estimate of drug-likeness (QED) is 0.764. The molecule has 0 atom stereocenters. The first kappa shape index (κ1) is 12.8. The van der Waals surface area contributed by atoms with Gasteiger partial charge in [0.25, 0.3) is 0 Å². The van der Waals surface area contributed by atoms with Crippen molar-refractivity contribution in [3.8, 4) is 11.1 Å². The van der Waals surface area contributed by atoms with Crippen LogP contribution in [0.25, 0.3) is 22.0 Å². The average Bonchev–Trinajstić information content (AvgIpc) is 2.53. The van der Waals surface area contributed by atoms with Crippen LogP contribution in [-0.2, 0) is 13.2 Å². The van der Waals surface area contributed by atoms with Crippen molar-refractivity contribution in [1.82, 2.24) is 4.98 Å². The van der Waals surface area contributed by atoms with E-state index >= 15 is 0 Å². The molecular weight excluding hydrogens is 248 g/mol. The maximum absolute atomic E-state index is 9.39. The lowest BCUT2D eigenvalue weighted by atomic mass is 9.97. The lowest BCUT2D eigenvalue weighted by molar-refractivity contribution is 0.282. The molecule has 3 aromatic rings. The van der Waals surface area contributed by atoms with Crippen LogP contribution in [0, 0.1) is 0 Å². The molecule has 3 N–H and O–H groups in total. The fourth-order valence-electron chi connectivity index (χ4n) is 2.48. The van der Waals surface area contributed by atoms with Gasteiger partial charge in [0.15, 0.2) is 0 Å². The SMILES string of the molecule is NCc1cc(CO)cc(-c2cccc3ncccc23)c1. The number of aliphatic hydroxyl groups is 1. The standard InChI is InChI=1S/C17H16N2O/c18-10-12-7-13(11-20)9-14(8-12)15-3-1-5-17-16(15)4-2-6-19-17/h1-9,20H,10-11,18H2. The molecular formula is C17H16N2O. The van der Waals surface area contributed by atoms with Crippen LogP contribution in [0.4, 0.5) is 0 Å². The van der Waals surface area contributed by atoms with E-state index in [-0.39, 0.29) is 6.61 Å². The molecule has 0 aliphatic heterocycles. The van der Waals surface area contributed by atoms with Gasteiger partial charge in [-0.2, -0.15) is 0 Å². The van der Waals surface area contributed by atoms with Crippen molar-refractivity contribution < 1.29 is 5.11 Å². The van der Waals surface area contributed by atoms with Gasteiger partial charge in [0, 0.05) is 18.1 Å². The van der Waals surface area contributed by atoms with E-state index in [0.717, 1.165) is 33.2 Å². The zero-order valence-electron chi connectivity index (χ0n) is 11.1. The summed E-state index contributed by atoms with van der Waals surface area (Å²) in [6, 6.07) is 16.1. The number of aromatic nitrogens is 1. The summed E-state index contributed by atoms with van der Waals surface area (Å²) < 4.78 is 0. The highest BCUT2D eigenvalue weighted by molar-refractivity contribution is 5.94. The van der Waals surface area contributed by atoms with Gasteiger partial charge in [-0.05, 0) is 46.5 Å². The molecule has 0 aliphatic rings. The molecule has 0 radical (unpaired) electrons. The summed E-state index contributed by atoms with van der Waals surface area (Å²) in [6.07, 6.45) is 1.79. The van der Waals surface area contributed by atoms with Gasteiger partial charge >= 0.3 is 0 Å².